The molecule has 1 nitrogen and oxygen atoms in total. The summed E-state index contributed by atoms with van der Waals surface area (Å²) in [5, 5.41) is 0. The summed E-state index contributed by atoms with van der Waals surface area (Å²) in [4.78, 5) is 0. The minimum atomic E-state index is 0.610. The van der Waals surface area contributed by atoms with E-state index in [0.29, 0.717) is 4.05 Å². The zero-order valence-electron chi connectivity index (χ0n) is 9.04. The van der Waals surface area contributed by atoms with Crippen molar-refractivity contribution >= 4 is 22.6 Å². The van der Waals surface area contributed by atoms with Crippen LogP contribution in [0.1, 0.15) is 42.2 Å². The minimum Gasteiger partial charge on any atom is -0.193 e. The number of hydrogen-bond acceptors (Lipinski definition) is 0. The molecular weight excluding hydrogens is 285 g/mol. The van der Waals surface area contributed by atoms with Gasteiger partial charge >= 0.3 is 0 Å². The summed E-state index contributed by atoms with van der Waals surface area (Å²) >= 11 is 2.53. The average Bonchev–Trinajstić information content (AvgIpc) is 2.18. The summed E-state index contributed by atoms with van der Waals surface area (Å²) in [5.74, 6) is 0. The van der Waals surface area contributed by atoms with Crippen molar-refractivity contribution in [3.63, 3.8) is 0 Å². The van der Waals surface area contributed by atoms with Crippen LogP contribution in [0.25, 0.3) is 0 Å². The van der Waals surface area contributed by atoms with Gasteiger partial charge in [-0.1, -0.05) is 19.8 Å². The Morgan fingerprint density at radius 3 is 2.86 bits per heavy atom. The second-order valence-corrected chi connectivity index (χ2v) is 5.20. The highest BCUT2D eigenvalue weighted by Gasteiger charge is 2.12. The van der Waals surface area contributed by atoms with E-state index in [2.05, 4.69) is 65.5 Å². The third kappa shape index (κ3) is 3.95. The Morgan fingerprint density at radius 2 is 2.21 bits per heavy atom. The highest BCUT2D eigenvalue weighted by Crippen LogP contribution is 2.16. The van der Waals surface area contributed by atoms with Crippen LogP contribution < -0.4 is 4.57 Å². The molecule has 1 heterocycles. The third-order valence-electron chi connectivity index (χ3n) is 2.34. The number of hydrogen-bond donors (Lipinski definition) is 0. The van der Waals surface area contributed by atoms with E-state index >= 15 is 0 Å². The lowest BCUT2D eigenvalue weighted by atomic mass is 10.2. The fourth-order valence-electron chi connectivity index (χ4n) is 1.50. The lowest BCUT2D eigenvalue weighted by Gasteiger charge is -2.05. The molecule has 1 atom stereocenters. The van der Waals surface area contributed by atoms with Gasteiger partial charge in [0, 0.05) is 18.1 Å². The fraction of sp³-hybridized carbons (Fsp3) is 0.583. The molecule has 2 heteroatoms. The van der Waals surface area contributed by atoms with Gasteiger partial charge in [0.25, 0.3) is 0 Å². The van der Waals surface area contributed by atoms with Crippen molar-refractivity contribution in [2.24, 2.45) is 0 Å². The lowest BCUT2D eigenvalue weighted by molar-refractivity contribution is -0.695. The van der Waals surface area contributed by atoms with Gasteiger partial charge in [0.2, 0.25) is 4.05 Å². The van der Waals surface area contributed by atoms with Gasteiger partial charge in [0.15, 0.2) is 12.4 Å². The number of pyridine rings is 1. The van der Waals surface area contributed by atoms with Crippen molar-refractivity contribution in [1.82, 2.24) is 0 Å². The summed E-state index contributed by atoms with van der Waals surface area (Å²) in [7, 11) is 0. The molecule has 0 bridgehead atoms. The van der Waals surface area contributed by atoms with E-state index in [1.807, 2.05) is 0 Å². The van der Waals surface area contributed by atoms with Crippen molar-refractivity contribution in [3.8, 4) is 0 Å². The topological polar surface area (TPSA) is 3.88 Å². The van der Waals surface area contributed by atoms with E-state index in [1.54, 1.807) is 0 Å². The average molecular weight is 304 g/mol. The molecule has 0 fully saturated rings. The number of nitrogens with zero attached hydrogens (tertiary/aromatic N) is 1. The molecule has 0 spiro atoms. The Kier molecular flexibility index (Phi) is 5.45. The van der Waals surface area contributed by atoms with Crippen LogP contribution in [-0.4, -0.2) is 0 Å². The molecule has 0 radical (unpaired) electrons. The van der Waals surface area contributed by atoms with Crippen molar-refractivity contribution in [3.05, 3.63) is 30.1 Å². The molecular formula is C12H19IN+. The van der Waals surface area contributed by atoms with Gasteiger partial charge < -0.3 is 0 Å². The van der Waals surface area contributed by atoms with E-state index in [-0.39, 0.29) is 0 Å². The van der Waals surface area contributed by atoms with Crippen LogP contribution in [0.15, 0.2) is 24.5 Å². The van der Waals surface area contributed by atoms with Crippen molar-refractivity contribution in [2.45, 2.75) is 43.6 Å². The van der Waals surface area contributed by atoms with Gasteiger partial charge in [0.05, 0.1) is 0 Å². The van der Waals surface area contributed by atoms with Crippen LogP contribution >= 0.6 is 22.6 Å². The van der Waals surface area contributed by atoms with Gasteiger partial charge in [-0.2, -0.15) is 4.57 Å². The molecule has 1 unspecified atom stereocenters. The van der Waals surface area contributed by atoms with Crippen LogP contribution in [0.5, 0.6) is 0 Å². The van der Waals surface area contributed by atoms with Crippen LogP contribution in [0.4, 0.5) is 0 Å². The summed E-state index contributed by atoms with van der Waals surface area (Å²) < 4.78 is 2.92. The van der Waals surface area contributed by atoms with Gasteiger partial charge in [0.1, 0.15) is 0 Å². The van der Waals surface area contributed by atoms with Crippen LogP contribution in [0.3, 0.4) is 0 Å². The molecule has 0 saturated carbocycles. The van der Waals surface area contributed by atoms with E-state index < -0.39 is 0 Å². The summed E-state index contributed by atoms with van der Waals surface area (Å²) in [6.45, 7) is 4.40. The highest BCUT2D eigenvalue weighted by atomic mass is 127. The first kappa shape index (κ1) is 12.0. The van der Waals surface area contributed by atoms with E-state index in [4.69, 9.17) is 0 Å². The second-order valence-electron chi connectivity index (χ2n) is 3.76. The number of halogens is 1. The van der Waals surface area contributed by atoms with Crippen LogP contribution in [0, 0.1) is 6.92 Å². The van der Waals surface area contributed by atoms with Gasteiger partial charge in [-0.05, 0) is 42.0 Å². The first-order valence-corrected chi connectivity index (χ1v) is 6.60. The fourth-order valence-corrected chi connectivity index (χ4v) is 2.29. The van der Waals surface area contributed by atoms with Gasteiger partial charge in [-0.25, -0.2) is 0 Å². The summed E-state index contributed by atoms with van der Waals surface area (Å²) in [5.41, 5.74) is 1.34. The largest absolute Gasteiger partial charge is 0.207 e. The summed E-state index contributed by atoms with van der Waals surface area (Å²) in [6.07, 6.45) is 9.67. The monoisotopic (exact) mass is 304 g/mol. The maximum Gasteiger partial charge on any atom is 0.207 e. The molecule has 0 aliphatic carbocycles. The molecule has 78 valence electrons. The molecule has 0 aliphatic heterocycles. The van der Waals surface area contributed by atoms with Crippen molar-refractivity contribution < 1.29 is 4.57 Å². The Bertz CT molecular complexity index is 273. The summed E-state index contributed by atoms with van der Waals surface area (Å²) in [6, 6.07) is 4.27. The molecule has 0 aliphatic rings. The molecule has 0 N–H and O–H groups in total. The van der Waals surface area contributed by atoms with E-state index in [0.717, 1.165) is 0 Å². The van der Waals surface area contributed by atoms with E-state index in [9.17, 15) is 0 Å². The van der Waals surface area contributed by atoms with E-state index in [1.165, 1.54) is 31.2 Å². The molecule has 0 aromatic carbocycles. The molecule has 14 heavy (non-hydrogen) atoms. The van der Waals surface area contributed by atoms with Gasteiger partial charge in [-0.15, -0.1) is 0 Å². The van der Waals surface area contributed by atoms with Crippen LogP contribution in [-0.2, 0) is 0 Å². The minimum absolute atomic E-state index is 0.610. The molecule has 0 amide bonds. The second kappa shape index (κ2) is 6.38. The molecule has 0 saturated heterocycles. The van der Waals surface area contributed by atoms with Crippen molar-refractivity contribution in [1.29, 1.82) is 0 Å². The Labute approximate surface area is 101 Å². The predicted molar refractivity (Wildman–Crippen MR) is 68.6 cm³/mol. The zero-order chi connectivity index (χ0) is 10.4. The standard InChI is InChI=1S/C12H19IN/c1-3-4-5-8-12(13)14-9-6-7-11(2)10-14/h6-7,9-10,12H,3-5,8H2,1-2H3/q+1. The first-order valence-electron chi connectivity index (χ1n) is 5.35. The maximum absolute atomic E-state index is 2.53. The quantitative estimate of drug-likeness (QED) is 0.337. The maximum atomic E-state index is 2.53. The first-order chi connectivity index (χ1) is 6.74. The van der Waals surface area contributed by atoms with Gasteiger partial charge in [-0.3, -0.25) is 0 Å². The smallest absolute Gasteiger partial charge is 0.193 e. The Hall–Kier alpha value is -0.120. The zero-order valence-corrected chi connectivity index (χ0v) is 11.2. The number of aryl methyl sites for hydroxylation is 1. The number of unbranched alkanes of at least 4 members (excludes halogenated alkanes) is 2. The number of aromatic nitrogens is 1. The Balaban J connectivity index is 2.47. The number of rotatable bonds is 5. The normalized spacial score (nSPS) is 12.8. The van der Waals surface area contributed by atoms with Crippen molar-refractivity contribution in [2.75, 3.05) is 0 Å². The highest BCUT2D eigenvalue weighted by molar-refractivity contribution is 14.1. The third-order valence-corrected chi connectivity index (χ3v) is 3.61. The number of alkyl halides is 1. The Morgan fingerprint density at radius 1 is 1.43 bits per heavy atom. The molecule has 1 aromatic rings. The lowest BCUT2D eigenvalue weighted by Crippen LogP contribution is -2.35. The van der Waals surface area contributed by atoms with Crippen LogP contribution in [0.2, 0.25) is 0 Å². The molecule has 1 rings (SSSR count). The SMILES string of the molecule is CCCCCC(I)[n+]1cccc(C)c1. The predicted octanol–water partition coefficient (Wildman–Crippen LogP) is 3.80. The molecule has 1 aromatic heterocycles.